The van der Waals surface area contributed by atoms with E-state index in [1.807, 2.05) is 7.05 Å². The highest BCUT2D eigenvalue weighted by Crippen LogP contribution is 2.34. The zero-order valence-electron chi connectivity index (χ0n) is 16.1. The lowest BCUT2D eigenvalue weighted by molar-refractivity contribution is 0.0512. The smallest absolute Gasteiger partial charge is 0.193 e. The molecule has 1 aliphatic heterocycles. The molecule has 140 valence electrons. The maximum absolute atomic E-state index is 5.64. The van der Waals surface area contributed by atoms with Crippen molar-refractivity contribution in [2.75, 3.05) is 33.9 Å². The summed E-state index contributed by atoms with van der Waals surface area (Å²) in [6.45, 7) is 3.32. The molecule has 1 fully saturated rings. The highest BCUT2D eigenvalue weighted by atomic mass is 16.5. The third-order valence-corrected chi connectivity index (χ3v) is 5.44. The molecule has 0 unspecified atom stereocenters. The van der Waals surface area contributed by atoms with Gasteiger partial charge in [-0.25, -0.2) is 0 Å². The van der Waals surface area contributed by atoms with Gasteiger partial charge in [0.1, 0.15) is 0 Å². The van der Waals surface area contributed by atoms with Crippen molar-refractivity contribution in [3.63, 3.8) is 0 Å². The Morgan fingerprint density at radius 2 is 1.92 bits per heavy atom. The summed E-state index contributed by atoms with van der Waals surface area (Å²) >= 11 is 0. The zero-order chi connectivity index (χ0) is 18.4. The number of hydrogen-bond acceptors (Lipinski definition) is 2. The van der Waals surface area contributed by atoms with Gasteiger partial charge in [-0.05, 0) is 30.5 Å². The molecule has 2 aromatic rings. The first kappa shape index (κ1) is 18.5. The molecule has 5 nitrogen and oxygen atoms in total. The van der Waals surface area contributed by atoms with Crippen LogP contribution in [0, 0.1) is 0 Å². The van der Waals surface area contributed by atoms with Crippen molar-refractivity contribution in [3.8, 4) is 0 Å². The Morgan fingerprint density at radius 1 is 1.19 bits per heavy atom. The van der Waals surface area contributed by atoms with Crippen LogP contribution in [0.25, 0.3) is 0 Å². The van der Waals surface area contributed by atoms with Crippen LogP contribution in [0.1, 0.15) is 24.1 Å². The highest BCUT2D eigenvalue weighted by Gasteiger charge is 2.34. The number of benzene rings is 1. The van der Waals surface area contributed by atoms with Crippen molar-refractivity contribution in [3.05, 3.63) is 59.9 Å². The molecule has 0 amide bonds. The molecule has 1 aliphatic rings. The lowest BCUT2D eigenvalue weighted by atomic mass is 9.74. The van der Waals surface area contributed by atoms with Gasteiger partial charge in [0.25, 0.3) is 0 Å². The fourth-order valence-electron chi connectivity index (χ4n) is 3.73. The number of aliphatic imine (C=N–C) groups is 1. The molecule has 0 aliphatic carbocycles. The Kier molecular flexibility index (Phi) is 5.99. The Morgan fingerprint density at radius 3 is 2.54 bits per heavy atom. The first-order valence-corrected chi connectivity index (χ1v) is 9.30. The molecule has 5 heteroatoms. The second-order valence-corrected chi connectivity index (χ2v) is 7.13. The Bertz CT molecular complexity index is 717. The van der Waals surface area contributed by atoms with Crippen molar-refractivity contribution in [1.29, 1.82) is 0 Å². The lowest BCUT2D eigenvalue weighted by Gasteiger charge is -2.39. The minimum Gasteiger partial charge on any atom is -0.381 e. The largest absolute Gasteiger partial charge is 0.381 e. The van der Waals surface area contributed by atoms with Crippen LogP contribution < -0.4 is 5.32 Å². The van der Waals surface area contributed by atoms with Gasteiger partial charge in [0, 0.05) is 58.2 Å². The van der Waals surface area contributed by atoms with Crippen LogP contribution in [-0.2, 0) is 23.7 Å². The van der Waals surface area contributed by atoms with E-state index < -0.39 is 0 Å². The predicted molar refractivity (Wildman–Crippen MR) is 106 cm³/mol. The summed E-state index contributed by atoms with van der Waals surface area (Å²) in [5, 5.41) is 3.62. The quantitative estimate of drug-likeness (QED) is 0.663. The van der Waals surface area contributed by atoms with Crippen molar-refractivity contribution < 1.29 is 4.74 Å². The monoisotopic (exact) mass is 354 g/mol. The molecule has 26 heavy (non-hydrogen) atoms. The molecule has 1 aromatic carbocycles. The summed E-state index contributed by atoms with van der Waals surface area (Å²) in [6, 6.07) is 15.0. The summed E-state index contributed by atoms with van der Waals surface area (Å²) in [5.41, 5.74) is 2.75. The van der Waals surface area contributed by atoms with E-state index in [1.54, 1.807) is 0 Å². The van der Waals surface area contributed by atoms with Gasteiger partial charge in [0.2, 0.25) is 0 Å². The highest BCUT2D eigenvalue weighted by molar-refractivity contribution is 5.79. The molecular formula is C21H30N4O. The van der Waals surface area contributed by atoms with Crippen molar-refractivity contribution in [2.24, 2.45) is 12.0 Å². The van der Waals surface area contributed by atoms with Gasteiger partial charge < -0.3 is 19.5 Å². The van der Waals surface area contributed by atoms with E-state index in [0.29, 0.717) is 0 Å². The van der Waals surface area contributed by atoms with Crippen LogP contribution in [-0.4, -0.2) is 49.3 Å². The van der Waals surface area contributed by atoms with Crippen LogP contribution >= 0.6 is 0 Å². The third-order valence-electron chi connectivity index (χ3n) is 5.44. The molecule has 0 atom stereocenters. The minimum atomic E-state index is 0.0985. The summed E-state index contributed by atoms with van der Waals surface area (Å²) < 4.78 is 7.79. The SMILES string of the molecule is CN=C(NCC1(c2ccccc2)CCOCC1)N(C)Cc1cccn1C. The fraction of sp³-hybridized carbons (Fsp3) is 0.476. The Labute approximate surface area is 156 Å². The standard InChI is InChI=1S/C21H30N4O/c1-22-20(25(3)16-19-10-7-13-24(19)2)23-17-21(11-14-26-15-12-21)18-8-5-4-6-9-18/h4-10,13H,11-12,14-17H2,1-3H3,(H,22,23). The van der Waals surface area contributed by atoms with E-state index in [2.05, 4.69) is 82.5 Å². The van der Waals surface area contributed by atoms with Crippen LogP contribution in [0.3, 0.4) is 0 Å². The Balaban J connectivity index is 1.70. The molecular weight excluding hydrogens is 324 g/mol. The molecule has 2 heterocycles. The van der Waals surface area contributed by atoms with Crippen molar-refractivity contribution >= 4 is 5.96 Å². The van der Waals surface area contributed by atoms with Gasteiger partial charge >= 0.3 is 0 Å². The minimum absolute atomic E-state index is 0.0985. The third kappa shape index (κ3) is 4.10. The maximum Gasteiger partial charge on any atom is 0.193 e. The molecule has 0 bridgehead atoms. The van der Waals surface area contributed by atoms with Crippen molar-refractivity contribution in [1.82, 2.24) is 14.8 Å². The molecule has 1 saturated heterocycles. The number of ether oxygens (including phenoxy) is 1. The molecule has 3 rings (SSSR count). The fourth-order valence-corrected chi connectivity index (χ4v) is 3.73. The molecule has 0 radical (unpaired) electrons. The predicted octanol–water partition coefficient (Wildman–Crippen LogP) is 2.78. The summed E-state index contributed by atoms with van der Waals surface area (Å²) in [6.07, 6.45) is 4.14. The number of aromatic nitrogens is 1. The van der Waals surface area contributed by atoms with Gasteiger partial charge in [0.15, 0.2) is 5.96 Å². The van der Waals surface area contributed by atoms with Gasteiger partial charge in [-0.3, -0.25) is 4.99 Å². The number of nitrogens with zero attached hydrogens (tertiary/aromatic N) is 3. The number of nitrogens with one attached hydrogen (secondary N) is 1. The van der Waals surface area contributed by atoms with E-state index in [0.717, 1.165) is 45.1 Å². The average molecular weight is 354 g/mol. The second-order valence-electron chi connectivity index (χ2n) is 7.13. The van der Waals surface area contributed by atoms with E-state index >= 15 is 0 Å². The maximum atomic E-state index is 5.64. The van der Waals surface area contributed by atoms with E-state index in [1.165, 1.54) is 11.3 Å². The van der Waals surface area contributed by atoms with Crippen LogP contribution in [0.4, 0.5) is 0 Å². The van der Waals surface area contributed by atoms with Crippen LogP contribution in [0.15, 0.2) is 53.7 Å². The normalized spacial score (nSPS) is 17.1. The molecule has 1 aromatic heterocycles. The first-order valence-electron chi connectivity index (χ1n) is 9.30. The van der Waals surface area contributed by atoms with Gasteiger partial charge in [-0.1, -0.05) is 30.3 Å². The molecule has 1 N–H and O–H groups in total. The number of hydrogen-bond donors (Lipinski definition) is 1. The van der Waals surface area contributed by atoms with Crippen LogP contribution in [0.5, 0.6) is 0 Å². The van der Waals surface area contributed by atoms with Gasteiger partial charge in [-0.2, -0.15) is 0 Å². The summed E-state index contributed by atoms with van der Waals surface area (Å²) in [5.74, 6) is 0.924. The average Bonchev–Trinajstić information content (AvgIpc) is 3.08. The summed E-state index contributed by atoms with van der Waals surface area (Å²) in [4.78, 5) is 6.67. The second kappa shape index (κ2) is 8.41. The van der Waals surface area contributed by atoms with Crippen molar-refractivity contribution in [2.45, 2.75) is 24.8 Å². The first-order chi connectivity index (χ1) is 12.6. The van der Waals surface area contributed by atoms with Crippen LogP contribution in [0.2, 0.25) is 0 Å². The Hall–Kier alpha value is -2.27. The topological polar surface area (TPSA) is 41.8 Å². The molecule has 0 spiro atoms. The number of guanidine groups is 1. The zero-order valence-corrected chi connectivity index (χ0v) is 16.1. The number of aryl methyl sites for hydroxylation is 1. The van der Waals surface area contributed by atoms with E-state index in [4.69, 9.17) is 4.74 Å². The van der Waals surface area contributed by atoms with Gasteiger partial charge in [0.05, 0.1) is 6.54 Å². The molecule has 0 saturated carbocycles. The van der Waals surface area contributed by atoms with E-state index in [9.17, 15) is 0 Å². The number of rotatable bonds is 5. The lowest BCUT2D eigenvalue weighted by Crippen LogP contribution is -2.48. The summed E-state index contributed by atoms with van der Waals surface area (Å²) in [7, 11) is 6.01. The van der Waals surface area contributed by atoms with E-state index in [-0.39, 0.29) is 5.41 Å². The van der Waals surface area contributed by atoms with Gasteiger partial charge in [-0.15, -0.1) is 0 Å².